The summed E-state index contributed by atoms with van der Waals surface area (Å²) in [6.45, 7) is 0. The van der Waals surface area contributed by atoms with Crippen molar-refractivity contribution in [1.82, 2.24) is 19.6 Å². The first-order valence-electron chi connectivity index (χ1n) is 14.0. The first-order chi connectivity index (χ1) is 21.6. The molecule has 44 heavy (non-hydrogen) atoms. The fraction of sp³-hybridized carbons (Fsp3) is 0.0857. The Morgan fingerprint density at radius 3 is 2.32 bits per heavy atom. The van der Waals surface area contributed by atoms with Gasteiger partial charge in [0, 0.05) is 11.1 Å². The summed E-state index contributed by atoms with van der Waals surface area (Å²) in [5.74, 6) is 1.48. The van der Waals surface area contributed by atoms with Crippen LogP contribution in [0, 0.1) is 0 Å². The standard InChI is InChI=1S/C35H24N4O5/c1-41-26-14-8-12-24(30(26)42-2)27-28-31(23-11-6-7-13-25(23)43-35(28)40)44-34-29(27)33-37-32(38-39(33)19-36-34)22-17-15-21(16-18-22)20-9-4-3-5-10-20/h3-19,27H,1-2H3. The summed E-state index contributed by atoms with van der Waals surface area (Å²) in [4.78, 5) is 23.4. The summed E-state index contributed by atoms with van der Waals surface area (Å²) in [5, 5.41) is 5.41. The largest absolute Gasteiger partial charge is 0.493 e. The molecule has 1 unspecified atom stereocenters. The Morgan fingerprint density at radius 2 is 1.52 bits per heavy atom. The second-order valence-corrected chi connectivity index (χ2v) is 10.4. The van der Waals surface area contributed by atoms with Gasteiger partial charge in [-0.2, -0.15) is 0 Å². The molecule has 4 aromatic carbocycles. The van der Waals surface area contributed by atoms with E-state index >= 15 is 0 Å². The molecule has 0 radical (unpaired) electrons. The fourth-order valence-electron chi connectivity index (χ4n) is 5.94. The molecule has 0 saturated heterocycles. The molecule has 1 aliphatic rings. The van der Waals surface area contributed by atoms with Crippen LogP contribution < -0.4 is 19.8 Å². The molecule has 0 aliphatic carbocycles. The lowest BCUT2D eigenvalue weighted by molar-refractivity contribution is 0.349. The molecule has 1 atom stereocenters. The summed E-state index contributed by atoms with van der Waals surface area (Å²) in [5.41, 5.74) is 4.97. The third-order valence-electron chi connectivity index (χ3n) is 7.96. The van der Waals surface area contributed by atoms with E-state index in [1.165, 1.54) is 0 Å². The van der Waals surface area contributed by atoms with Crippen LogP contribution in [-0.2, 0) is 0 Å². The summed E-state index contributed by atoms with van der Waals surface area (Å²) in [6.07, 6.45) is 1.57. The average molecular weight is 581 g/mol. The van der Waals surface area contributed by atoms with Crippen LogP contribution in [0.5, 0.6) is 23.1 Å². The molecular weight excluding hydrogens is 556 g/mol. The summed E-state index contributed by atoms with van der Waals surface area (Å²) in [7, 11) is 3.14. The molecule has 3 aromatic heterocycles. The molecule has 9 nitrogen and oxygen atoms in total. The molecule has 0 bridgehead atoms. The molecular formula is C35H24N4O5. The highest BCUT2D eigenvalue weighted by Crippen LogP contribution is 2.51. The van der Waals surface area contributed by atoms with Gasteiger partial charge in [-0.15, -0.1) is 5.10 Å². The van der Waals surface area contributed by atoms with Crippen molar-refractivity contribution in [3.63, 3.8) is 0 Å². The van der Waals surface area contributed by atoms with Gasteiger partial charge in [0.2, 0.25) is 5.88 Å². The molecule has 0 saturated carbocycles. The van der Waals surface area contributed by atoms with Gasteiger partial charge < -0.3 is 18.6 Å². The van der Waals surface area contributed by atoms with Crippen LogP contribution in [0.25, 0.3) is 39.1 Å². The molecule has 4 heterocycles. The van der Waals surface area contributed by atoms with E-state index < -0.39 is 11.5 Å². The van der Waals surface area contributed by atoms with E-state index in [1.54, 1.807) is 37.2 Å². The third-order valence-corrected chi connectivity index (χ3v) is 7.96. The highest BCUT2D eigenvalue weighted by Gasteiger charge is 2.39. The highest BCUT2D eigenvalue weighted by molar-refractivity contribution is 5.87. The van der Waals surface area contributed by atoms with E-state index in [0.29, 0.717) is 62.3 Å². The Hall–Kier alpha value is -5.96. The lowest BCUT2D eigenvalue weighted by Gasteiger charge is -2.28. The SMILES string of the molecule is COc1cccc(C2c3c(c4ccccc4oc3=O)Oc3ncn4nc(-c5ccc(-c6ccccc6)cc5)nc4c32)c1OC. The van der Waals surface area contributed by atoms with Gasteiger partial charge in [-0.05, 0) is 29.3 Å². The third kappa shape index (κ3) is 3.94. The first-order valence-corrected chi connectivity index (χ1v) is 14.0. The van der Waals surface area contributed by atoms with Gasteiger partial charge in [0.1, 0.15) is 11.9 Å². The lowest BCUT2D eigenvalue weighted by atomic mass is 9.83. The molecule has 0 fully saturated rings. The zero-order valence-electron chi connectivity index (χ0n) is 23.7. The average Bonchev–Trinajstić information content (AvgIpc) is 3.52. The molecule has 7 aromatic rings. The van der Waals surface area contributed by atoms with E-state index in [1.807, 2.05) is 72.8 Å². The summed E-state index contributed by atoms with van der Waals surface area (Å²) < 4.78 is 25.3. The Labute approximate surface area is 250 Å². The number of aromatic nitrogens is 4. The van der Waals surface area contributed by atoms with Gasteiger partial charge in [-0.1, -0.05) is 78.9 Å². The van der Waals surface area contributed by atoms with Crippen LogP contribution >= 0.6 is 0 Å². The number of hydrogen-bond donors (Lipinski definition) is 0. The zero-order valence-corrected chi connectivity index (χ0v) is 23.7. The van der Waals surface area contributed by atoms with Crippen molar-refractivity contribution in [2.24, 2.45) is 0 Å². The van der Waals surface area contributed by atoms with Crippen LogP contribution in [-0.4, -0.2) is 33.8 Å². The van der Waals surface area contributed by atoms with Crippen LogP contribution in [0.15, 0.2) is 113 Å². The molecule has 9 heteroatoms. The number of methoxy groups -OCH3 is 2. The second-order valence-electron chi connectivity index (χ2n) is 10.4. The maximum Gasteiger partial charge on any atom is 0.344 e. The minimum Gasteiger partial charge on any atom is -0.493 e. The number of benzene rings is 4. The molecule has 0 amide bonds. The monoisotopic (exact) mass is 580 g/mol. The van der Waals surface area contributed by atoms with E-state index in [9.17, 15) is 4.79 Å². The predicted molar refractivity (Wildman–Crippen MR) is 165 cm³/mol. The predicted octanol–water partition coefficient (Wildman–Crippen LogP) is 6.87. The highest BCUT2D eigenvalue weighted by atomic mass is 16.5. The topological polar surface area (TPSA) is 101 Å². The molecule has 8 rings (SSSR count). The van der Waals surface area contributed by atoms with Crippen LogP contribution in [0.1, 0.15) is 22.6 Å². The smallest absolute Gasteiger partial charge is 0.344 e. The van der Waals surface area contributed by atoms with Gasteiger partial charge in [-0.3, -0.25) is 0 Å². The Morgan fingerprint density at radius 1 is 0.773 bits per heavy atom. The van der Waals surface area contributed by atoms with Crippen molar-refractivity contribution in [2.75, 3.05) is 14.2 Å². The van der Waals surface area contributed by atoms with E-state index in [4.69, 9.17) is 28.7 Å². The summed E-state index contributed by atoms with van der Waals surface area (Å²) >= 11 is 0. The Kier molecular flexibility index (Phi) is 5.90. The van der Waals surface area contributed by atoms with Crippen LogP contribution in [0.2, 0.25) is 0 Å². The fourth-order valence-corrected chi connectivity index (χ4v) is 5.94. The van der Waals surface area contributed by atoms with Crippen molar-refractivity contribution < 1.29 is 18.6 Å². The lowest BCUT2D eigenvalue weighted by Crippen LogP contribution is -2.22. The van der Waals surface area contributed by atoms with Gasteiger partial charge in [0.05, 0.1) is 36.7 Å². The second kappa shape index (κ2) is 10.1. The maximum atomic E-state index is 13.8. The van der Waals surface area contributed by atoms with Gasteiger partial charge in [0.15, 0.2) is 28.7 Å². The van der Waals surface area contributed by atoms with Crippen molar-refractivity contribution >= 4 is 16.6 Å². The number of hydrogen-bond acceptors (Lipinski definition) is 8. The van der Waals surface area contributed by atoms with Gasteiger partial charge >= 0.3 is 5.63 Å². The zero-order chi connectivity index (χ0) is 29.8. The minimum atomic E-state index is -0.714. The molecule has 0 spiro atoms. The number of rotatable bonds is 5. The number of fused-ring (bicyclic) bond motifs is 6. The van der Waals surface area contributed by atoms with E-state index in [2.05, 4.69) is 17.1 Å². The molecule has 1 aliphatic heterocycles. The quantitative estimate of drug-likeness (QED) is 0.203. The molecule has 214 valence electrons. The Balaban J connectivity index is 1.36. The normalized spacial score (nSPS) is 13.7. The maximum absolute atomic E-state index is 13.8. The minimum absolute atomic E-state index is 0.314. The van der Waals surface area contributed by atoms with Crippen LogP contribution in [0.4, 0.5) is 0 Å². The van der Waals surface area contributed by atoms with Crippen molar-refractivity contribution in [2.45, 2.75) is 5.92 Å². The van der Waals surface area contributed by atoms with E-state index in [-0.39, 0.29) is 0 Å². The van der Waals surface area contributed by atoms with Crippen molar-refractivity contribution in [1.29, 1.82) is 0 Å². The van der Waals surface area contributed by atoms with Gasteiger partial charge in [-0.25, -0.2) is 19.3 Å². The van der Waals surface area contributed by atoms with E-state index in [0.717, 1.165) is 16.7 Å². The molecule has 0 N–H and O–H groups in total. The van der Waals surface area contributed by atoms with Gasteiger partial charge in [0.25, 0.3) is 0 Å². The number of ether oxygens (including phenoxy) is 3. The van der Waals surface area contributed by atoms with Crippen molar-refractivity contribution in [3.8, 4) is 45.6 Å². The van der Waals surface area contributed by atoms with Crippen molar-refractivity contribution in [3.05, 3.63) is 130 Å². The number of para-hydroxylation sites is 2. The Bertz CT molecular complexity index is 2260. The number of nitrogens with zero attached hydrogens (tertiary/aromatic N) is 4. The first kappa shape index (κ1) is 25.7. The van der Waals surface area contributed by atoms with Crippen LogP contribution in [0.3, 0.4) is 0 Å². The summed E-state index contributed by atoms with van der Waals surface area (Å²) in [6, 6.07) is 31.1.